The van der Waals surface area contributed by atoms with E-state index in [1.54, 1.807) is 24.3 Å². The molecule has 7 nitrogen and oxygen atoms in total. The molecule has 1 unspecified atom stereocenters. The summed E-state index contributed by atoms with van der Waals surface area (Å²) in [7, 11) is 0. The van der Waals surface area contributed by atoms with Crippen LogP contribution in [0.1, 0.15) is 63.0 Å². The summed E-state index contributed by atoms with van der Waals surface area (Å²) >= 11 is 0. The Balaban J connectivity index is 1.71. The van der Waals surface area contributed by atoms with Crippen LogP contribution in [0.2, 0.25) is 0 Å². The summed E-state index contributed by atoms with van der Waals surface area (Å²) in [4.78, 5) is 26.3. The Labute approximate surface area is 211 Å². The lowest BCUT2D eigenvalue weighted by molar-refractivity contribution is -0.200. The fourth-order valence-electron chi connectivity index (χ4n) is 3.96. The maximum absolute atomic E-state index is 15.4. The first-order valence-electron chi connectivity index (χ1n) is 12.1. The van der Waals surface area contributed by atoms with E-state index in [1.165, 1.54) is 13.1 Å². The Bertz CT molecular complexity index is 1080. The number of aliphatic imine (C=N–C) groups is 1. The number of rotatable bonds is 10. The Morgan fingerprint density at radius 2 is 2.11 bits per heavy atom. The monoisotopic (exact) mass is 500 g/mol. The molecule has 0 radical (unpaired) electrons. The second kappa shape index (κ2) is 11.7. The van der Waals surface area contributed by atoms with Gasteiger partial charge in [-0.15, -0.1) is 0 Å². The van der Waals surface area contributed by atoms with Crippen LogP contribution in [0, 0.1) is 5.92 Å². The van der Waals surface area contributed by atoms with Gasteiger partial charge in [0.1, 0.15) is 5.76 Å². The van der Waals surface area contributed by atoms with Gasteiger partial charge in [-0.25, -0.2) is 13.8 Å². The zero-order valence-electron chi connectivity index (χ0n) is 21.3. The van der Waals surface area contributed by atoms with Gasteiger partial charge in [0.2, 0.25) is 0 Å². The van der Waals surface area contributed by atoms with Crippen molar-refractivity contribution >= 4 is 24.4 Å². The fraction of sp³-hybridized carbons (Fsp3) is 0.481. The van der Waals surface area contributed by atoms with Crippen molar-refractivity contribution in [3.63, 3.8) is 0 Å². The van der Waals surface area contributed by atoms with Crippen molar-refractivity contribution < 1.29 is 23.1 Å². The molecule has 2 heterocycles. The Hall–Kier alpha value is -3.20. The molecule has 0 saturated carbocycles. The Morgan fingerprint density at radius 3 is 2.72 bits per heavy atom. The molecular weight excluding hydrogens is 466 g/mol. The number of fused-ring (bicyclic) bond motifs is 1. The van der Waals surface area contributed by atoms with Crippen LogP contribution >= 0.6 is 0 Å². The number of hydrogen-bond acceptors (Lipinski definition) is 6. The van der Waals surface area contributed by atoms with Crippen molar-refractivity contribution in [2.24, 2.45) is 16.1 Å². The number of carbonyl (C=O) groups excluding carboxylic acids is 1. The topological polar surface area (TPSA) is 76.4 Å². The molecule has 0 spiro atoms. The van der Waals surface area contributed by atoms with Crippen molar-refractivity contribution in [2.75, 3.05) is 19.8 Å². The average Bonchev–Trinajstić information content (AvgIpc) is 3.05. The highest BCUT2D eigenvalue weighted by atomic mass is 19.3. The van der Waals surface area contributed by atoms with Gasteiger partial charge in [-0.3, -0.25) is 14.7 Å². The summed E-state index contributed by atoms with van der Waals surface area (Å²) in [6.07, 6.45) is 7.73. The van der Waals surface area contributed by atoms with Crippen LogP contribution in [0.15, 0.2) is 58.0 Å². The minimum Gasteiger partial charge on any atom is -0.481 e. The van der Waals surface area contributed by atoms with Crippen LogP contribution in [-0.4, -0.2) is 60.1 Å². The Morgan fingerprint density at radius 1 is 1.33 bits per heavy atom. The third-order valence-corrected chi connectivity index (χ3v) is 6.52. The first-order chi connectivity index (χ1) is 17.1. The first-order valence-corrected chi connectivity index (χ1v) is 12.1. The number of carbonyl (C=O) groups is 1. The van der Waals surface area contributed by atoms with E-state index in [2.05, 4.69) is 21.8 Å². The van der Waals surface area contributed by atoms with E-state index in [0.29, 0.717) is 47.9 Å². The molecule has 1 aromatic rings. The highest BCUT2D eigenvalue weighted by Crippen LogP contribution is 2.48. The van der Waals surface area contributed by atoms with Gasteiger partial charge in [0.05, 0.1) is 5.69 Å². The van der Waals surface area contributed by atoms with Crippen molar-refractivity contribution in [3.8, 4) is 0 Å². The largest absolute Gasteiger partial charge is 0.481 e. The molecule has 3 rings (SSSR count). The molecule has 194 valence electrons. The average molecular weight is 501 g/mol. The number of amidine groups is 1. The molecule has 1 atom stereocenters. The van der Waals surface area contributed by atoms with E-state index in [1.807, 2.05) is 31.7 Å². The maximum atomic E-state index is 15.4. The molecule has 36 heavy (non-hydrogen) atoms. The van der Waals surface area contributed by atoms with Crippen LogP contribution in [0.5, 0.6) is 0 Å². The van der Waals surface area contributed by atoms with Crippen molar-refractivity contribution in [1.29, 1.82) is 0 Å². The molecular formula is C27H34F2N4O3. The normalized spacial score (nSPS) is 21.6. The molecule has 1 fully saturated rings. The summed E-state index contributed by atoms with van der Waals surface area (Å²) in [5.41, 5.74) is 0.835. The van der Waals surface area contributed by atoms with E-state index < -0.39 is 17.9 Å². The van der Waals surface area contributed by atoms with Gasteiger partial charge in [0.15, 0.2) is 24.5 Å². The lowest BCUT2D eigenvalue weighted by Gasteiger charge is -2.44. The van der Waals surface area contributed by atoms with Crippen molar-refractivity contribution in [1.82, 2.24) is 9.88 Å². The minimum atomic E-state index is -3.06. The fourth-order valence-corrected chi connectivity index (χ4v) is 3.96. The van der Waals surface area contributed by atoms with Crippen LogP contribution in [0.4, 0.5) is 8.78 Å². The van der Waals surface area contributed by atoms with Gasteiger partial charge in [0, 0.05) is 37.1 Å². The maximum Gasteiger partial charge on any atom is 0.290 e. The SMILES string of the molecule is C=N/C(=N\OCN(CC)CCC1(C)OC2=CC=C(c3ccc(C=O)cn3)CC=C2CC1(F)F)C(C)C. The highest BCUT2D eigenvalue weighted by molar-refractivity contribution is 5.87. The number of aromatic nitrogens is 1. The second-order valence-electron chi connectivity index (χ2n) is 9.45. The molecule has 2 aliphatic rings. The van der Waals surface area contributed by atoms with Gasteiger partial charge in [-0.05, 0) is 56.0 Å². The number of halogens is 2. The second-order valence-corrected chi connectivity index (χ2v) is 9.45. The number of hydrogen-bond donors (Lipinski definition) is 0. The summed E-state index contributed by atoms with van der Waals surface area (Å²) in [5.74, 6) is -2.05. The standard InChI is InChI=1S/C27H34F2N4O3/c1-6-33(18-35-32-25(30-5)19(2)3)14-13-26(4)27(28,29)15-22-9-8-21(10-12-24(22)36-26)23-11-7-20(17-34)16-31-23/h7,9-12,16-17,19H,5-6,8,13-15,18H2,1-4H3/b32-25-. The molecule has 0 bridgehead atoms. The Kier molecular flexibility index (Phi) is 8.89. The molecule has 1 saturated heterocycles. The molecule has 0 N–H and O–H groups in total. The van der Waals surface area contributed by atoms with Crippen molar-refractivity contribution in [3.05, 3.63) is 59.1 Å². The smallest absolute Gasteiger partial charge is 0.290 e. The lowest BCUT2D eigenvalue weighted by Crippen LogP contribution is -2.52. The van der Waals surface area contributed by atoms with Crippen LogP contribution < -0.4 is 0 Å². The van der Waals surface area contributed by atoms with Gasteiger partial charge in [-0.2, -0.15) is 0 Å². The van der Waals surface area contributed by atoms with Crippen LogP contribution in [0.25, 0.3) is 5.57 Å². The number of nitrogens with zero attached hydrogens (tertiary/aromatic N) is 4. The molecule has 1 aliphatic carbocycles. The number of oxime groups is 1. The van der Waals surface area contributed by atoms with Gasteiger partial charge in [-0.1, -0.05) is 38.1 Å². The molecule has 1 aliphatic heterocycles. The van der Waals surface area contributed by atoms with E-state index in [9.17, 15) is 4.79 Å². The predicted molar refractivity (Wildman–Crippen MR) is 137 cm³/mol. The number of ether oxygens (including phenoxy) is 1. The summed E-state index contributed by atoms with van der Waals surface area (Å²) in [6.45, 7) is 11.8. The molecule has 0 amide bonds. The van der Waals surface area contributed by atoms with Crippen LogP contribution in [0.3, 0.4) is 0 Å². The summed E-state index contributed by atoms with van der Waals surface area (Å²) in [6, 6.07) is 3.43. The first kappa shape index (κ1) is 27.4. The third kappa shape index (κ3) is 6.32. The quantitative estimate of drug-likeness (QED) is 0.136. The molecule has 0 aromatic carbocycles. The van der Waals surface area contributed by atoms with Crippen molar-refractivity contribution in [2.45, 2.75) is 58.5 Å². The highest BCUT2D eigenvalue weighted by Gasteiger charge is 2.56. The summed E-state index contributed by atoms with van der Waals surface area (Å²) < 4.78 is 36.7. The van der Waals surface area contributed by atoms with E-state index in [-0.39, 0.29) is 19.1 Å². The lowest BCUT2D eigenvalue weighted by atomic mass is 9.84. The number of alkyl halides is 2. The minimum absolute atomic E-state index is 0.0713. The van der Waals surface area contributed by atoms with E-state index >= 15 is 8.78 Å². The zero-order chi connectivity index (χ0) is 26.3. The van der Waals surface area contributed by atoms with Gasteiger partial charge in [0.25, 0.3) is 5.92 Å². The zero-order valence-corrected chi connectivity index (χ0v) is 21.3. The van der Waals surface area contributed by atoms with Crippen LogP contribution in [-0.2, 0) is 9.57 Å². The number of allylic oxidation sites excluding steroid dienone is 5. The number of aldehydes is 1. The third-order valence-electron chi connectivity index (χ3n) is 6.52. The number of pyridine rings is 1. The predicted octanol–water partition coefficient (Wildman–Crippen LogP) is 5.66. The summed E-state index contributed by atoms with van der Waals surface area (Å²) in [5, 5.41) is 4.00. The van der Waals surface area contributed by atoms with Gasteiger partial charge >= 0.3 is 0 Å². The van der Waals surface area contributed by atoms with E-state index in [4.69, 9.17) is 9.57 Å². The van der Waals surface area contributed by atoms with Gasteiger partial charge < -0.3 is 9.57 Å². The van der Waals surface area contributed by atoms with E-state index in [0.717, 1.165) is 11.9 Å². The molecule has 1 aromatic heterocycles. The molecule has 9 heteroatoms.